The predicted octanol–water partition coefficient (Wildman–Crippen LogP) is 4.63. The van der Waals surface area contributed by atoms with E-state index < -0.39 is 11.6 Å². The van der Waals surface area contributed by atoms with Gasteiger partial charge >= 0.3 is 0 Å². The van der Waals surface area contributed by atoms with Gasteiger partial charge in [0.2, 0.25) is 11.6 Å². The standard InChI is InChI=1S/C20H24O3/c1-11(2)7-8-23-16-10-13(5)18-15(17(16)12(3)4)9-14(6)19(21)20(18)22/h7,9-10,12H,8H2,1-6H3. The van der Waals surface area contributed by atoms with Crippen LogP contribution in [-0.4, -0.2) is 18.2 Å². The summed E-state index contributed by atoms with van der Waals surface area (Å²) in [7, 11) is 0. The van der Waals surface area contributed by atoms with Crippen LogP contribution < -0.4 is 4.74 Å². The summed E-state index contributed by atoms with van der Waals surface area (Å²) in [5.41, 5.74) is 4.84. The molecule has 122 valence electrons. The van der Waals surface area contributed by atoms with Gasteiger partial charge in [-0.15, -0.1) is 0 Å². The average molecular weight is 312 g/mol. The molecule has 0 radical (unpaired) electrons. The first-order valence-electron chi connectivity index (χ1n) is 7.95. The number of Topliss-reactive ketones (excluding diaryl/α,β-unsaturated/α-hetero) is 2. The smallest absolute Gasteiger partial charge is 0.234 e. The number of aryl methyl sites for hydroxylation is 1. The molecule has 1 aliphatic carbocycles. The van der Waals surface area contributed by atoms with Gasteiger partial charge in [0.05, 0.1) is 0 Å². The molecule has 1 aromatic carbocycles. The number of carbonyl (C=O) groups excluding carboxylic acids is 2. The molecule has 2 rings (SSSR count). The number of ketones is 2. The second kappa shape index (κ2) is 6.53. The summed E-state index contributed by atoms with van der Waals surface area (Å²) in [4.78, 5) is 24.4. The van der Waals surface area contributed by atoms with Crippen molar-refractivity contribution in [2.24, 2.45) is 0 Å². The number of fused-ring (bicyclic) bond motifs is 1. The summed E-state index contributed by atoms with van der Waals surface area (Å²) < 4.78 is 5.95. The zero-order chi connectivity index (χ0) is 17.3. The van der Waals surface area contributed by atoms with Crippen molar-refractivity contribution in [3.05, 3.63) is 45.5 Å². The molecule has 0 heterocycles. The summed E-state index contributed by atoms with van der Waals surface area (Å²) >= 11 is 0. The molecule has 0 amide bonds. The highest BCUT2D eigenvalue weighted by Gasteiger charge is 2.30. The molecule has 0 saturated carbocycles. The third-order valence-corrected chi connectivity index (χ3v) is 4.03. The van der Waals surface area contributed by atoms with Gasteiger partial charge in [-0.2, -0.15) is 0 Å². The SMILES string of the molecule is CC(C)=CCOc1cc(C)c2c(c1C(C)C)C=C(C)C(=O)C2=O. The number of hydrogen-bond donors (Lipinski definition) is 0. The van der Waals surface area contributed by atoms with E-state index in [4.69, 9.17) is 4.74 Å². The summed E-state index contributed by atoms with van der Waals surface area (Å²) in [6, 6.07) is 1.88. The molecule has 3 heteroatoms. The Bertz CT molecular complexity index is 730. The average Bonchev–Trinajstić information content (AvgIpc) is 2.43. The minimum atomic E-state index is -0.409. The molecule has 0 unspecified atom stereocenters. The molecule has 0 aliphatic heterocycles. The van der Waals surface area contributed by atoms with Gasteiger partial charge in [-0.1, -0.05) is 19.4 Å². The summed E-state index contributed by atoms with van der Waals surface area (Å²) in [6.45, 7) is 12.2. The maximum atomic E-state index is 12.4. The van der Waals surface area contributed by atoms with Crippen LogP contribution in [0.5, 0.6) is 5.75 Å². The van der Waals surface area contributed by atoms with Crippen LogP contribution in [0.1, 0.15) is 67.6 Å². The van der Waals surface area contributed by atoms with Crippen LogP contribution in [0.2, 0.25) is 0 Å². The first-order valence-corrected chi connectivity index (χ1v) is 7.95. The van der Waals surface area contributed by atoms with Gasteiger partial charge in [0.25, 0.3) is 0 Å². The molecule has 0 atom stereocenters. The Morgan fingerprint density at radius 3 is 2.39 bits per heavy atom. The Balaban J connectivity index is 2.63. The van der Waals surface area contributed by atoms with E-state index in [9.17, 15) is 9.59 Å². The zero-order valence-electron chi connectivity index (χ0n) is 14.7. The molecule has 23 heavy (non-hydrogen) atoms. The molecular weight excluding hydrogens is 288 g/mol. The first-order chi connectivity index (χ1) is 10.7. The number of hydrogen-bond acceptors (Lipinski definition) is 3. The van der Waals surface area contributed by atoms with E-state index in [1.807, 2.05) is 39.0 Å². The van der Waals surface area contributed by atoms with Gasteiger partial charge in [-0.05, 0) is 63.0 Å². The van der Waals surface area contributed by atoms with E-state index in [1.165, 1.54) is 5.57 Å². The van der Waals surface area contributed by atoms with Crippen LogP contribution in [0.15, 0.2) is 23.3 Å². The van der Waals surface area contributed by atoms with Gasteiger partial charge in [-0.3, -0.25) is 9.59 Å². The molecule has 1 aromatic rings. The van der Waals surface area contributed by atoms with Crippen molar-refractivity contribution in [3.63, 3.8) is 0 Å². The number of benzene rings is 1. The second-order valence-corrected chi connectivity index (χ2v) is 6.63. The van der Waals surface area contributed by atoms with Crippen LogP contribution in [-0.2, 0) is 4.79 Å². The maximum absolute atomic E-state index is 12.4. The quantitative estimate of drug-likeness (QED) is 0.601. The topological polar surface area (TPSA) is 43.4 Å². The minimum Gasteiger partial charge on any atom is -0.489 e. The fourth-order valence-electron chi connectivity index (χ4n) is 2.87. The predicted molar refractivity (Wildman–Crippen MR) is 93.2 cm³/mol. The van der Waals surface area contributed by atoms with Crippen LogP contribution >= 0.6 is 0 Å². The second-order valence-electron chi connectivity index (χ2n) is 6.63. The van der Waals surface area contributed by atoms with Gasteiger partial charge in [0, 0.05) is 16.7 Å². The van der Waals surface area contributed by atoms with Crippen LogP contribution in [0.4, 0.5) is 0 Å². The molecule has 0 saturated heterocycles. The molecule has 0 spiro atoms. The van der Waals surface area contributed by atoms with Gasteiger partial charge in [0.1, 0.15) is 12.4 Å². The molecular formula is C20H24O3. The number of ether oxygens (including phenoxy) is 1. The van der Waals surface area contributed by atoms with Crippen LogP contribution in [0.25, 0.3) is 6.08 Å². The monoisotopic (exact) mass is 312 g/mol. The third kappa shape index (κ3) is 3.29. The van der Waals surface area contributed by atoms with E-state index >= 15 is 0 Å². The van der Waals surface area contributed by atoms with E-state index in [1.54, 1.807) is 6.92 Å². The van der Waals surface area contributed by atoms with Gasteiger partial charge in [-0.25, -0.2) is 0 Å². The zero-order valence-corrected chi connectivity index (χ0v) is 14.7. The number of carbonyl (C=O) groups is 2. The van der Waals surface area contributed by atoms with E-state index in [2.05, 4.69) is 13.8 Å². The lowest BCUT2D eigenvalue weighted by Crippen LogP contribution is -2.23. The van der Waals surface area contributed by atoms with Crippen molar-refractivity contribution in [2.45, 2.75) is 47.5 Å². The Labute approximate surface area is 138 Å². The summed E-state index contributed by atoms with van der Waals surface area (Å²) in [6.07, 6.45) is 3.85. The maximum Gasteiger partial charge on any atom is 0.234 e. The van der Waals surface area contributed by atoms with Crippen molar-refractivity contribution < 1.29 is 14.3 Å². The summed E-state index contributed by atoms with van der Waals surface area (Å²) in [5.74, 6) is 0.166. The molecule has 0 N–H and O–H groups in total. The number of allylic oxidation sites excluding steroid dienone is 2. The molecule has 3 nitrogen and oxygen atoms in total. The first kappa shape index (κ1) is 17.2. The van der Waals surface area contributed by atoms with Gasteiger partial charge in [0.15, 0.2) is 0 Å². The van der Waals surface area contributed by atoms with Crippen molar-refractivity contribution >= 4 is 17.6 Å². The largest absolute Gasteiger partial charge is 0.489 e. The highest BCUT2D eigenvalue weighted by molar-refractivity contribution is 6.52. The van der Waals surface area contributed by atoms with E-state index in [-0.39, 0.29) is 5.92 Å². The van der Waals surface area contributed by atoms with E-state index in [0.717, 1.165) is 22.4 Å². The van der Waals surface area contributed by atoms with E-state index in [0.29, 0.717) is 17.7 Å². The van der Waals surface area contributed by atoms with Crippen LogP contribution in [0.3, 0.4) is 0 Å². The Morgan fingerprint density at radius 1 is 1.17 bits per heavy atom. The minimum absolute atomic E-state index is 0.191. The third-order valence-electron chi connectivity index (χ3n) is 4.03. The van der Waals surface area contributed by atoms with Crippen molar-refractivity contribution in [1.29, 1.82) is 0 Å². The van der Waals surface area contributed by atoms with Crippen molar-refractivity contribution in [2.75, 3.05) is 6.61 Å². The Morgan fingerprint density at radius 2 is 1.83 bits per heavy atom. The molecule has 0 fully saturated rings. The Kier molecular flexibility index (Phi) is 4.88. The molecule has 0 aromatic heterocycles. The highest BCUT2D eigenvalue weighted by Crippen LogP contribution is 2.38. The lowest BCUT2D eigenvalue weighted by atomic mass is 9.82. The van der Waals surface area contributed by atoms with Gasteiger partial charge < -0.3 is 4.74 Å². The van der Waals surface area contributed by atoms with Crippen LogP contribution in [0, 0.1) is 6.92 Å². The lowest BCUT2D eigenvalue weighted by molar-refractivity contribution is -0.111. The fourth-order valence-corrected chi connectivity index (χ4v) is 2.87. The molecule has 0 bridgehead atoms. The highest BCUT2D eigenvalue weighted by atomic mass is 16.5. The number of rotatable bonds is 4. The fraction of sp³-hybridized carbons (Fsp3) is 0.400. The summed E-state index contributed by atoms with van der Waals surface area (Å²) in [5, 5.41) is 0. The Hall–Kier alpha value is -2.16. The van der Waals surface area contributed by atoms with Crippen molar-refractivity contribution in [3.8, 4) is 5.75 Å². The lowest BCUT2D eigenvalue weighted by Gasteiger charge is -2.23. The van der Waals surface area contributed by atoms with Crippen molar-refractivity contribution in [1.82, 2.24) is 0 Å². The molecule has 1 aliphatic rings. The normalized spacial score (nSPS) is 13.8.